The number of halogens is 1. The summed E-state index contributed by atoms with van der Waals surface area (Å²) in [6, 6.07) is 8.91. The summed E-state index contributed by atoms with van der Waals surface area (Å²) in [5.74, 6) is 0.903. The zero-order valence-electron chi connectivity index (χ0n) is 18.1. The lowest BCUT2D eigenvalue weighted by atomic mass is 9.84. The number of hydrogen-bond donors (Lipinski definition) is 2. The number of hydrogen-bond acceptors (Lipinski definition) is 5. The second-order valence-corrected chi connectivity index (χ2v) is 8.65. The van der Waals surface area contributed by atoms with E-state index in [-0.39, 0.29) is 11.9 Å². The van der Waals surface area contributed by atoms with Crippen LogP contribution in [0.3, 0.4) is 0 Å². The number of nitrogens with one attached hydrogen (secondary N) is 1. The van der Waals surface area contributed by atoms with Crippen LogP contribution in [0.25, 0.3) is 11.3 Å². The molecule has 4 rings (SSSR count). The summed E-state index contributed by atoms with van der Waals surface area (Å²) in [4.78, 5) is 16.6. The number of carbonyl (C=O) groups is 1. The van der Waals surface area contributed by atoms with Gasteiger partial charge in [0.1, 0.15) is 12.4 Å². The summed E-state index contributed by atoms with van der Waals surface area (Å²) >= 11 is 6.43. The van der Waals surface area contributed by atoms with Gasteiger partial charge in [-0.3, -0.25) is 14.5 Å². The molecule has 0 radical (unpaired) electrons. The Balaban J connectivity index is 1.57. The van der Waals surface area contributed by atoms with Crippen LogP contribution in [-0.2, 0) is 7.05 Å². The van der Waals surface area contributed by atoms with E-state index < -0.39 is 0 Å². The van der Waals surface area contributed by atoms with Crippen molar-refractivity contribution in [2.75, 3.05) is 11.9 Å². The molecule has 1 fully saturated rings. The molecule has 1 aromatic carbocycles. The van der Waals surface area contributed by atoms with Crippen LogP contribution in [0.2, 0.25) is 5.02 Å². The van der Waals surface area contributed by atoms with E-state index in [1.54, 1.807) is 29.2 Å². The van der Waals surface area contributed by atoms with E-state index in [0.717, 1.165) is 18.4 Å². The fourth-order valence-electron chi connectivity index (χ4n) is 4.22. The number of rotatable bonds is 7. The lowest BCUT2D eigenvalue weighted by Gasteiger charge is -2.27. The summed E-state index contributed by atoms with van der Waals surface area (Å²) in [6.07, 6.45) is 10.8. The molecule has 8 heteroatoms. The highest BCUT2D eigenvalue weighted by Crippen LogP contribution is 2.37. The molecule has 7 nitrogen and oxygen atoms in total. The van der Waals surface area contributed by atoms with Crippen LogP contribution in [-0.4, -0.2) is 33.3 Å². The van der Waals surface area contributed by atoms with Gasteiger partial charge in [0.15, 0.2) is 0 Å². The number of benzene rings is 1. The maximum Gasteiger partial charge on any atom is 0.257 e. The lowest BCUT2D eigenvalue weighted by Crippen LogP contribution is -2.37. The normalized spacial score (nSPS) is 15.3. The van der Waals surface area contributed by atoms with E-state index in [1.165, 1.54) is 25.5 Å². The highest BCUT2D eigenvalue weighted by Gasteiger charge is 2.22. The van der Waals surface area contributed by atoms with E-state index >= 15 is 0 Å². The van der Waals surface area contributed by atoms with Crippen LogP contribution in [0.15, 0.2) is 48.9 Å². The molecule has 2 aromatic heterocycles. The molecule has 1 aliphatic rings. The molecule has 3 aromatic rings. The minimum Gasteiger partial charge on any atom is -0.491 e. The Kier molecular flexibility index (Phi) is 7.07. The maximum atomic E-state index is 12.6. The standard InChI is InChI=1S/C24H28ClN5O2/c1-30-23(20(25)14-28-30)19-12-18(29-24(31)17-8-5-11-27-13-17)9-10-22(19)32-15-21(26)16-6-3-2-4-7-16/h5,8-14,16,21H,2-4,6-7,15,26H2,1H3,(H,29,31). The molecule has 0 aliphatic heterocycles. The van der Waals surface area contributed by atoms with E-state index in [1.807, 2.05) is 25.2 Å². The first-order chi connectivity index (χ1) is 15.5. The van der Waals surface area contributed by atoms with Gasteiger partial charge in [0.2, 0.25) is 0 Å². The quantitative estimate of drug-likeness (QED) is 0.541. The van der Waals surface area contributed by atoms with Crippen LogP contribution >= 0.6 is 11.6 Å². The van der Waals surface area contributed by atoms with Gasteiger partial charge in [-0.1, -0.05) is 30.9 Å². The molecule has 168 valence electrons. The molecule has 1 saturated carbocycles. The highest BCUT2D eigenvalue weighted by molar-refractivity contribution is 6.33. The van der Waals surface area contributed by atoms with Crippen molar-refractivity contribution in [3.8, 4) is 17.0 Å². The minimum absolute atomic E-state index is 0.0184. The third kappa shape index (κ3) is 5.11. The Hall–Kier alpha value is -2.90. The third-order valence-electron chi connectivity index (χ3n) is 6.00. The molecule has 3 N–H and O–H groups in total. The SMILES string of the molecule is Cn1ncc(Cl)c1-c1cc(NC(=O)c2cccnc2)ccc1OCC(N)C1CCCCC1. The van der Waals surface area contributed by atoms with E-state index in [9.17, 15) is 4.79 Å². The van der Waals surface area contributed by atoms with Gasteiger partial charge in [0, 0.05) is 36.7 Å². The second kappa shape index (κ2) is 10.1. The van der Waals surface area contributed by atoms with Crippen LogP contribution in [0.5, 0.6) is 5.75 Å². The molecule has 32 heavy (non-hydrogen) atoms. The number of aryl methyl sites for hydroxylation is 1. The number of pyridine rings is 1. The highest BCUT2D eigenvalue weighted by atomic mass is 35.5. The average molecular weight is 454 g/mol. The van der Waals surface area contributed by atoms with E-state index in [4.69, 9.17) is 22.1 Å². The Morgan fingerprint density at radius 3 is 2.78 bits per heavy atom. The largest absolute Gasteiger partial charge is 0.491 e. The van der Waals surface area contributed by atoms with Gasteiger partial charge >= 0.3 is 0 Å². The smallest absolute Gasteiger partial charge is 0.257 e. The Morgan fingerprint density at radius 1 is 1.28 bits per heavy atom. The van der Waals surface area contributed by atoms with Crippen molar-refractivity contribution in [1.29, 1.82) is 0 Å². The van der Waals surface area contributed by atoms with Gasteiger partial charge < -0.3 is 15.8 Å². The van der Waals surface area contributed by atoms with Crippen molar-refractivity contribution in [3.63, 3.8) is 0 Å². The van der Waals surface area contributed by atoms with Gasteiger partial charge in [0.25, 0.3) is 5.91 Å². The number of nitrogens with two attached hydrogens (primary N) is 1. The van der Waals surface area contributed by atoms with Crippen molar-refractivity contribution >= 4 is 23.2 Å². The summed E-state index contributed by atoms with van der Waals surface area (Å²) in [5.41, 5.74) is 9.01. The fourth-order valence-corrected chi connectivity index (χ4v) is 4.48. The molecular weight excluding hydrogens is 426 g/mol. The first-order valence-corrected chi connectivity index (χ1v) is 11.3. The molecule has 0 spiro atoms. The van der Waals surface area contributed by atoms with Crippen molar-refractivity contribution < 1.29 is 9.53 Å². The monoisotopic (exact) mass is 453 g/mol. The molecule has 0 saturated heterocycles. The molecule has 2 heterocycles. The van der Waals surface area contributed by atoms with Crippen molar-refractivity contribution in [3.05, 3.63) is 59.5 Å². The van der Waals surface area contributed by atoms with Crippen LogP contribution in [0.1, 0.15) is 42.5 Å². The van der Waals surface area contributed by atoms with Crippen molar-refractivity contribution in [2.24, 2.45) is 18.7 Å². The Bertz CT molecular complexity index is 1040. The summed E-state index contributed by atoms with van der Waals surface area (Å²) in [6.45, 7) is 0.425. The van der Waals surface area contributed by atoms with E-state index in [0.29, 0.717) is 40.2 Å². The molecule has 1 atom stereocenters. The predicted molar refractivity (Wildman–Crippen MR) is 126 cm³/mol. The lowest BCUT2D eigenvalue weighted by molar-refractivity contribution is 0.102. The Labute approximate surface area is 192 Å². The zero-order chi connectivity index (χ0) is 22.5. The molecule has 1 amide bonds. The van der Waals surface area contributed by atoms with Crippen LogP contribution < -0.4 is 15.8 Å². The number of ether oxygens (including phenoxy) is 1. The van der Waals surface area contributed by atoms with Crippen LogP contribution in [0.4, 0.5) is 5.69 Å². The molecular formula is C24H28ClN5O2. The number of anilines is 1. The topological polar surface area (TPSA) is 95.1 Å². The van der Waals surface area contributed by atoms with Gasteiger partial charge in [-0.2, -0.15) is 5.10 Å². The zero-order valence-corrected chi connectivity index (χ0v) is 18.9. The van der Waals surface area contributed by atoms with Crippen molar-refractivity contribution in [1.82, 2.24) is 14.8 Å². The number of amides is 1. The molecule has 1 unspecified atom stereocenters. The maximum absolute atomic E-state index is 12.6. The fraction of sp³-hybridized carbons (Fsp3) is 0.375. The van der Waals surface area contributed by atoms with Gasteiger partial charge in [0.05, 0.1) is 22.5 Å². The number of carbonyl (C=O) groups excluding carboxylic acids is 1. The van der Waals surface area contributed by atoms with Gasteiger partial charge in [-0.15, -0.1) is 0 Å². The molecule has 1 aliphatic carbocycles. The summed E-state index contributed by atoms with van der Waals surface area (Å²) < 4.78 is 7.88. The number of nitrogens with zero attached hydrogens (tertiary/aromatic N) is 3. The van der Waals surface area contributed by atoms with Crippen molar-refractivity contribution in [2.45, 2.75) is 38.1 Å². The second-order valence-electron chi connectivity index (χ2n) is 8.24. The van der Waals surface area contributed by atoms with Gasteiger partial charge in [-0.25, -0.2) is 0 Å². The number of aromatic nitrogens is 3. The Morgan fingerprint density at radius 2 is 2.09 bits per heavy atom. The predicted octanol–water partition coefficient (Wildman–Crippen LogP) is 4.67. The van der Waals surface area contributed by atoms with Gasteiger partial charge in [-0.05, 0) is 49.1 Å². The summed E-state index contributed by atoms with van der Waals surface area (Å²) in [5, 5.41) is 7.67. The molecule has 0 bridgehead atoms. The summed E-state index contributed by atoms with van der Waals surface area (Å²) in [7, 11) is 1.82. The average Bonchev–Trinajstić information content (AvgIpc) is 3.16. The first-order valence-electron chi connectivity index (χ1n) is 10.9. The van der Waals surface area contributed by atoms with E-state index in [2.05, 4.69) is 15.4 Å². The third-order valence-corrected chi connectivity index (χ3v) is 6.27. The minimum atomic E-state index is -0.242. The first kappa shape index (κ1) is 22.3. The van der Waals surface area contributed by atoms with Crippen LogP contribution in [0, 0.1) is 5.92 Å².